The number of hydrogen-bond acceptors (Lipinski definition) is 7. The third-order valence-electron chi connectivity index (χ3n) is 9.42. The second-order valence-electron chi connectivity index (χ2n) is 15.7. The number of hydrogen-bond donors (Lipinski definition) is 0. The molecule has 0 aromatic heterocycles. The molecule has 0 radical (unpaired) electrons. The highest BCUT2D eigenvalue weighted by Gasteiger charge is 2.25. The van der Waals surface area contributed by atoms with Crippen LogP contribution in [0.15, 0.2) is 85.1 Å². The summed E-state index contributed by atoms with van der Waals surface area (Å²) in [5, 5.41) is 11.6. The molecule has 0 spiro atoms. The first kappa shape index (κ1) is 53.5. The van der Waals surface area contributed by atoms with Crippen LogP contribution in [0.25, 0.3) is 0 Å². The highest BCUT2D eigenvalue weighted by atomic mass is 16.6. The van der Waals surface area contributed by atoms with Crippen molar-refractivity contribution in [3.63, 3.8) is 0 Å². The fourth-order valence-electron chi connectivity index (χ4n) is 5.96. The molecule has 0 amide bonds. The van der Waals surface area contributed by atoms with Crippen molar-refractivity contribution in [2.24, 2.45) is 0 Å². The molecule has 0 aromatic rings. The number of ether oxygens (including phenoxy) is 3. The average Bonchev–Trinajstić information content (AvgIpc) is 3.17. The van der Waals surface area contributed by atoms with Crippen LogP contribution >= 0.6 is 0 Å². The Balaban J connectivity index is 4.43. The number of likely N-dealkylation sites (N-methyl/N-ethyl adjacent to an activating group) is 1. The molecule has 8 heteroatoms. The number of quaternary nitrogens is 1. The van der Waals surface area contributed by atoms with Crippen LogP contribution < -0.4 is 5.11 Å². The van der Waals surface area contributed by atoms with Gasteiger partial charge in [-0.3, -0.25) is 9.59 Å². The highest BCUT2D eigenvalue weighted by molar-refractivity contribution is 5.70. The van der Waals surface area contributed by atoms with E-state index in [0.717, 1.165) is 83.5 Å². The molecule has 0 aliphatic rings. The Morgan fingerprint density at radius 2 is 0.982 bits per heavy atom. The SMILES string of the molecule is CC/C=C/C=C/C=C/CCCCCCCCCC(=O)OC(COCCC(C(=O)[O-])[N+](C)(C)C)COC(=O)CCCCCCC/C=C/C=C/C=C/C=C/CCCCC. The number of carboxylic acid groups (broad SMARTS) is 1. The summed E-state index contributed by atoms with van der Waals surface area (Å²) in [6.45, 7) is 4.44. The number of allylic oxidation sites excluding steroid dienone is 14. The number of unbranched alkanes of at least 4 members (excludes halogenated alkanes) is 15. The Morgan fingerprint density at radius 1 is 0.544 bits per heavy atom. The Hall–Kier alpha value is -3.49. The molecule has 0 aliphatic heterocycles. The van der Waals surface area contributed by atoms with E-state index in [-0.39, 0.29) is 42.7 Å². The third-order valence-corrected chi connectivity index (χ3v) is 9.42. The number of esters is 2. The molecule has 0 saturated carbocycles. The van der Waals surface area contributed by atoms with Gasteiger partial charge < -0.3 is 28.6 Å². The van der Waals surface area contributed by atoms with E-state index in [4.69, 9.17) is 14.2 Å². The van der Waals surface area contributed by atoms with Crippen molar-refractivity contribution in [3.8, 4) is 0 Å². The second kappa shape index (κ2) is 39.3. The molecular formula is C49H81NO7. The lowest BCUT2D eigenvalue weighted by Crippen LogP contribution is -2.55. The molecule has 0 saturated heterocycles. The minimum Gasteiger partial charge on any atom is -0.544 e. The van der Waals surface area contributed by atoms with Crippen molar-refractivity contribution in [1.29, 1.82) is 0 Å². The second-order valence-corrected chi connectivity index (χ2v) is 15.7. The van der Waals surface area contributed by atoms with Gasteiger partial charge in [-0.2, -0.15) is 0 Å². The normalized spacial score (nSPS) is 13.8. The van der Waals surface area contributed by atoms with Crippen LogP contribution in [0.2, 0.25) is 0 Å². The number of carbonyl (C=O) groups is 3. The third kappa shape index (κ3) is 37.8. The van der Waals surface area contributed by atoms with E-state index >= 15 is 0 Å². The molecule has 8 nitrogen and oxygen atoms in total. The summed E-state index contributed by atoms with van der Waals surface area (Å²) in [5.41, 5.74) is 0. The van der Waals surface area contributed by atoms with E-state index in [1.807, 2.05) is 6.08 Å². The van der Waals surface area contributed by atoms with E-state index < -0.39 is 18.1 Å². The first-order chi connectivity index (χ1) is 27.6. The summed E-state index contributed by atoms with van der Waals surface area (Å²) in [7, 11) is 5.38. The van der Waals surface area contributed by atoms with Gasteiger partial charge in [-0.25, -0.2) is 0 Å². The minimum absolute atomic E-state index is 0.0226. The van der Waals surface area contributed by atoms with Crippen LogP contribution in [-0.4, -0.2) is 75.5 Å². The molecule has 2 atom stereocenters. The summed E-state index contributed by atoms with van der Waals surface area (Å²) in [6.07, 6.45) is 50.3. The Kier molecular flexibility index (Phi) is 36.9. The fraction of sp³-hybridized carbons (Fsp3) is 0.653. The summed E-state index contributed by atoms with van der Waals surface area (Å²) < 4.78 is 17.1. The Morgan fingerprint density at radius 3 is 1.46 bits per heavy atom. The zero-order valence-corrected chi connectivity index (χ0v) is 36.7. The number of carboxylic acids is 1. The minimum atomic E-state index is -1.13. The fourth-order valence-corrected chi connectivity index (χ4v) is 5.96. The molecule has 0 bridgehead atoms. The summed E-state index contributed by atoms with van der Waals surface area (Å²) >= 11 is 0. The molecule has 0 N–H and O–H groups in total. The van der Waals surface area contributed by atoms with E-state index in [0.29, 0.717) is 12.8 Å². The van der Waals surface area contributed by atoms with Gasteiger partial charge in [0.2, 0.25) is 0 Å². The molecule has 57 heavy (non-hydrogen) atoms. The van der Waals surface area contributed by atoms with Gasteiger partial charge in [-0.1, -0.05) is 163 Å². The summed E-state index contributed by atoms with van der Waals surface area (Å²) in [6, 6.07) is -0.736. The average molecular weight is 796 g/mol. The molecule has 324 valence electrons. The van der Waals surface area contributed by atoms with Crippen molar-refractivity contribution >= 4 is 17.9 Å². The summed E-state index contributed by atoms with van der Waals surface area (Å²) in [5.74, 6) is -1.79. The lowest BCUT2D eigenvalue weighted by Gasteiger charge is -2.34. The maximum absolute atomic E-state index is 12.7. The van der Waals surface area contributed by atoms with Crippen molar-refractivity contribution in [1.82, 2.24) is 0 Å². The van der Waals surface area contributed by atoms with E-state index in [1.165, 1.54) is 38.5 Å². The molecule has 2 unspecified atom stereocenters. The Bertz CT molecular complexity index is 1200. The molecule has 0 rings (SSSR count). The molecule has 0 aliphatic carbocycles. The number of nitrogens with zero attached hydrogens (tertiary/aromatic N) is 1. The van der Waals surface area contributed by atoms with Crippen molar-refractivity contribution in [2.75, 3.05) is 41.0 Å². The van der Waals surface area contributed by atoms with Crippen LogP contribution in [0, 0.1) is 0 Å². The van der Waals surface area contributed by atoms with Crippen molar-refractivity contribution in [3.05, 3.63) is 85.1 Å². The first-order valence-corrected chi connectivity index (χ1v) is 22.2. The summed E-state index contributed by atoms with van der Waals surface area (Å²) in [4.78, 5) is 36.9. The number of carbonyl (C=O) groups excluding carboxylic acids is 3. The van der Waals surface area contributed by atoms with Gasteiger partial charge in [-0.15, -0.1) is 0 Å². The maximum atomic E-state index is 12.7. The van der Waals surface area contributed by atoms with Crippen LogP contribution in [0.1, 0.15) is 155 Å². The van der Waals surface area contributed by atoms with Gasteiger partial charge in [0.1, 0.15) is 12.6 Å². The lowest BCUT2D eigenvalue weighted by atomic mass is 10.1. The van der Waals surface area contributed by atoms with E-state index in [2.05, 4.69) is 92.8 Å². The molecule has 0 fully saturated rings. The predicted molar refractivity (Wildman–Crippen MR) is 235 cm³/mol. The quantitative estimate of drug-likeness (QED) is 0.0265. The van der Waals surface area contributed by atoms with Gasteiger partial charge in [0, 0.05) is 19.3 Å². The monoisotopic (exact) mass is 796 g/mol. The number of aliphatic carboxylic acids is 1. The van der Waals surface area contributed by atoms with Crippen molar-refractivity contribution in [2.45, 2.75) is 167 Å². The molecule has 0 heterocycles. The molecule has 0 aromatic carbocycles. The van der Waals surface area contributed by atoms with E-state index in [1.54, 1.807) is 21.1 Å². The topological polar surface area (TPSA) is 102 Å². The van der Waals surface area contributed by atoms with E-state index in [9.17, 15) is 19.5 Å². The smallest absolute Gasteiger partial charge is 0.306 e. The number of rotatable bonds is 38. The first-order valence-electron chi connectivity index (χ1n) is 22.2. The zero-order valence-electron chi connectivity index (χ0n) is 36.7. The van der Waals surface area contributed by atoms with Gasteiger partial charge in [0.05, 0.1) is 40.3 Å². The van der Waals surface area contributed by atoms with Crippen molar-refractivity contribution < 1.29 is 38.2 Å². The van der Waals surface area contributed by atoms with Crippen LogP contribution in [0.3, 0.4) is 0 Å². The van der Waals surface area contributed by atoms with Crippen LogP contribution in [0.4, 0.5) is 0 Å². The highest BCUT2D eigenvalue weighted by Crippen LogP contribution is 2.13. The predicted octanol–water partition coefficient (Wildman–Crippen LogP) is 10.8. The van der Waals surface area contributed by atoms with Gasteiger partial charge in [0.25, 0.3) is 0 Å². The zero-order chi connectivity index (χ0) is 42.1. The standard InChI is InChI=1S/C49H81NO7/c1-6-8-10-12-14-16-18-20-22-23-24-26-27-29-31-33-35-37-39-47(51)56-44-45(43-55-42-41-46(49(53)54)50(3,4)5)57-48(52)40-38-36-34-32-30-28-25-21-19-17-15-13-11-9-7-2/h9,11,13-20,22-24,26,45-46H,6-8,10,12,21,25,27-44H2,1-5H3/b11-9+,15-13+,16-14+,19-17+,20-18+,23-22+,26-24+. The van der Waals surface area contributed by atoms with Gasteiger partial charge in [0.15, 0.2) is 6.10 Å². The maximum Gasteiger partial charge on any atom is 0.306 e. The van der Waals surface area contributed by atoms with Gasteiger partial charge in [-0.05, 0) is 57.8 Å². The van der Waals surface area contributed by atoms with Crippen LogP contribution in [0.5, 0.6) is 0 Å². The lowest BCUT2D eigenvalue weighted by molar-refractivity contribution is -0.889. The Labute approximate surface area is 348 Å². The molecular weight excluding hydrogens is 715 g/mol. The largest absolute Gasteiger partial charge is 0.544 e. The van der Waals surface area contributed by atoms with Crippen LogP contribution in [-0.2, 0) is 28.6 Å². The van der Waals surface area contributed by atoms with Gasteiger partial charge >= 0.3 is 11.9 Å².